The van der Waals surface area contributed by atoms with Crippen LogP contribution in [0.5, 0.6) is 0 Å². The Hall–Kier alpha value is -0.610. The van der Waals surface area contributed by atoms with Crippen molar-refractivity contribution >= 4 is 5.91 Å². The molecular formula is C6H11NO3. The Morgan fingerprint density at radius 3 is 2.80 bits per heavy atom. The maximum Gasteiger partial charge on any atom is 0.219 e. The molecule has 10 heavy (non-hydrogen) atoms. The average molecular weight is 145 g/mol. The third-order valence-electron chi connectivity index (χ3n) is 1.31. The minimum absolute atomic E-state index is 0.194. The number of hydrogen-bond acceptors (Lipinski definition) is 3. The molecule has 1 rings (SSSR count). The number of ether oxygens (including phenoxy) is 2. The molecule has 0 unspecified atom stereocenters. The molecular weight excluding hydrogens is 134 g/mol. The summed E-state index contributed by atoms with van der Waals surface area (Å²) < 4.78 is 10.0. The highest BCUT2D eigenvalue weighted by Gasteiger charge is 2.18. The molecule has 1 aliphatic heterocycles. The molecule has 2 N–H and O–H groups in total. The maximum atomic E-state index is 10.2. The second kappa shape index (κ2) is 3.53. The van der Waals surface area contributed by atoms with E-state index in [9.17, 15) is 4.79 Å². The van der Waals surface area contributed by atoms with Gasteiger partial charge in [-0.1, -0.05) is 0 Å². The van der Waals surface area contributed by atoms with Crippen LogP contribution in [-0.4, -0.2) is 31.8 Å². The molecule has 58 valence electrons. The van der Waals surface area contributed by atoms with Crippen molar-refractivity contribution in [3.05, 3.63) is 0 Å². The minimum atomic E-state index is -0.319. The number of carbonyl (C=O) groups is 1. The van der Waals surface area contributed by atoms with Crippen molar-refractivity contribution in [2.45, 2.75) is 12.5 Å². The molecule has 0 aromatic rings. The predicted molar refractivity (Wildman–Crippen MR) is 34.4 cm³/mol. The molecule has 1 fully saturated rings. The normalized spacial score (nSPS) is 18.4. The van der Waals surface area contributed by atoms with Gasteiger partial charge in [-0.2, -0.15) is 0 Å². The number of amides is 1. The Balaban J connectivity index is 1.89. The Morgan fingerprint density at radius 2 is 2.40 bits per heavy atom. The van der Waals surface area contributed by atoms with Gasteiger partial charge < -0.3 is 15.2 Å². The van der Waals surface area contributed by atoms with Crippen LogP contribution in [0.4, 0.5) is 0 Å². The summed E-state index contributed by atoms with van der Waals surface area (Å²) in [6, 6.07) is 0. The number of nitrogens with two attached hydrogens (primary N) is 1. The van der Waals surface area contributed by atoms with Gasteiger partial charge in [-0.3, -0.25) is 4.79 Å². The van der Waals surface area contributed by atoms with Crippen LogP contribution in [0.1, 0.15) is 6.42 Å². The quantitative estimate of drug-likeness (QED) is 0.567. The van der Waals surface area contributed by atoms with Gasteiger partial charge in [0.15, 0.2) is 0 Å². The molecule has 0 spiro atoms. The Morgan fingerprint density at radius 1 is 1.70 bits per heavy atom. The predicted octanol–water partition coefficient (Wildman–Crippen LogP) is -0.723. The molecule has 1 aliphatic rings. The molecule has 0 bridgehead atoms. The average Bonchev–Trinajstić information content (AvgIpc) is 1.75. The molecule has 0 aromatic carbocycles. The van der Waals surface area contributed by atoms with Gasteiger partial charge in [-0.05, 0) is 0 Å². The molecule has 4 nitrogen and oxygen atoms in total. The largest absolute Gasteiger partial charge is 0.376 e. The lowest BCUT2D eigenvalue weighted by atomic mass is 10.3. The van der Waals surface area contributed by atoms with Crippen LogP contribution in [0, 0.1) is 0 Å². The third kappa shape index (κ3) is 2.33. The summed E-state index contributed by atoms with van der Waals surface area (Å²) >= 11 is 0. The van der Waals surface area contributed by atoms with Crippen molar-refractivity contribution < 1.29 is 14.3 Å². The first kappa shape index (κ1) is 7.50. The fourth-order valence-corrected chi connectivity index (χ4v) is 0.636. The van der Waals surface area contributed by atoms with Gasteiger partial charge in [-0.25, -0.2) is 0 Å². The summed E-state index contributed by atoms with van der Waals surface area (Å²) in [6.07, 6.45) is 0.496. The first-order chi connectivity index (χ1) is 4.79. The Labute approximate surface area is 59.3 Å². The van der Waals surface area contributed by atoms with E-state index in [2.05, 4.69) is 0 Å². The van der Waals surface area contributed by atoms with Crippen LogP contribution in [0.2, 0.25) is 0 Å². The second-order valence-corrected chi connectivity index (χ2v) is 2.25. The highest BCUT2D eigenvalue weighted by Crippen LogP contribution is 2.04. The highest BCUT2D eigenvalue weighted by molar-refractivity contribution is 5.73. The van der Waals surface area contributed by atoms with Crippen molar-refractivity contribution in [1.29, 1.82) is 0 Å². The Kier molecular flexibility index (Phi) is 2.65. The van der Waals surface area contributed by atoms with Crippen LogP contribution < -0.4 is 5.73 Å². The van der Waals surface area contributed by atoms with Crippen molar-refractivity contribution in [2.24, 2.45) is 5.73 Å². The van der Waals surface area contributed by atoms with E-state index in [1.165, 1.54) is 0 Å². The van der Waals surface area contributed by atoms with E-state index in [0.29, 0.717) is 26.2 Å². The lowest BCUT2D eigenvalue weighted by Gasteiger charge is -2.25. The number of primary amides is 1. The minimum Gasteiger partial charge on any atom is -0.376 e. The highest BCUT2D eigenvalue weighted by atomic mass is 16.6. The van der Waals surface area contributed by atoms with Crippen molar-refractivity contribution in [3.8, 4) is 0 Å². The number of rotatable bonds is 4. The second-order valence-electron chi connectivity index (χ2n) is 2.25. The Bertz CT molecular complexity index is 122. The van der Waals surface area contributed by atoms with E-state index >= 15 is 0 Å². The zero-order chi connectivity index (χ0) is 7.40. The van der Waals surface area contributed by atoms with Crippen molar-refractivity contribution in [2.75, 3.05) is 19.8 Å². The topological polar surface area (TPSA) is 61.6 Å². The van der Waals surface area contributed by atoms with E-state index in [1.807, 2.05) is 0 Å². The zero-order valence-electron chi connectivity index (χ0n) is 5.71. The standard InChI is InChI=1S/C6H11NO3/c7-6(8)1-2-10-5-3-9-4-5/h5H,1-4H2,(H2,7,8). The molecule has 0 saturated carbocycles. The first-order valence-electron chi connectivity index (χ1n) is 3.26. The van der Waals surface area contributed by atoms with E-state index in [0.717, 1.165) is 0 Å². The van der Waals surface area contributed by atoms with Crippen LogP contribution in [0.15, 0.2) is 0 Å². The van der Waals surface area contributed by atoms with E-state index in [4.69, 9.17) is 15.2 Å². The summed E-state index contributed by atoms with van der Waals surface area (Å²) in [5.41, 5.74) is 4.89. The van der Waals surface area contributed by atoms with Crippen molar-refractivity contribution in [1.82, 2.24) is 0 Å². The lowest BCUT2D eigenvalue weighted by molar-refractivity contribution is -0.136. The van der Waals surface area contributed by atoms with Gasteiger partial charge in [0, 0.05) is 6.42 Å². The molecule has 0 radical (unpaired) electrons. The van der Waals surface area contributed by atoms with E-state index < -0.39 is 0 Å². The summed E-state index contributed by atoms with van der Waals surface area (Å²) in [4.78, 5) is 10.2. The van der Waals surface area contributed by atoms with Crippen molar-refractivity contribution in [3.63, 3.8) is 0 Å². The molecule has 0 aliphatic carbocycles. The monoisotopic (exact) mass is 145 g/mol. The summed E-state index contributed by atoms with van der Waals surface area (Å²) in [5.74, 6) is -0.319. The molecule has 4 heteroatoms. The van der Waals surface area contributed by atoms with Crippen LogP contribution >= 0.6 is 0 Å². The third-order valence-corrected chi connectivity index (χ3v) is 1.31. The summed E-state index contributed by atoms with van der Waals surface area (Å²) in [6.45, 7) is 1.72. The summed E-state index contributed by atoms with van der Waals surface area (Å²) in [7, 11) is 0. The fourth-order valence-electron chi connectivity index (χ4n) is 0.636. The lowest BCUT2D eigenvalue weighted by Crippen LogP contribution is -2.36. The molecule has 1 heterocycles. The smallest absolute Gasteiger partial charge is 0.219 e. The molecule has 1 saturated heterocycles. The van der Waals surface area contributed by atoms with Crippen LogP contribution in [0.3, 0.4) is 0 Å². The van der Waals surface area contributed by atoms with Crippen LogP contribution in [0.25, 0.3) is 0 Å². The van der Waals surface area contributed by atoms with E-state index in [-0.39, 0.29) is 12.0 Å². The SMILES string of the molecule is NC(=O)CCOC1COC1. The fraction of sp³-hybridized carbons (Fsp3) is 0.833. The van der Waals surface area contributed by atoms with Crippen LogP contribution in [-0.2, 0) is 14.3 Å². The van der Waals surface area contributed by atoms with E-state index in [1.54, 1.807) is 0 Å². The number of hydrogen-bond donors (Lipinski definition) is 1. The van der Waals surface area contributed by atoms with Gasteiger partial charge in [-0.15, -0.1) is 0 Å². The molecule has 0 aromatic heterocycles. The number of carbonyl (C=O) groups excluding carboxylic acids is 1. The van der Waals surface area contributed by atoms with Gasteiger partial charge in [0.2, 0.25) is 5.91 Å². The maximum absolute atomic E-state index is 10.2. The van der Waals surface area contributed by atoms with Gasteiger partial charge in [0.05, 0.1) is 19.8 Å². The van der Waals surface area contributed by atoms with Gasteiger partial charge in [0.1, 0.15) is 6.10 Å². The van der Waals surface area contributed by atoms with Gasteiger partial charge in [0.25, 0.3) is 0 Å². The zero-order valence-corrected chi connectivity index (χ0v) is 5.71. The molecule has 0 atom stereocenters. The first-order valence-corrected chi connectivity index (χ1v) is 3.26. The molecule has 1 amide bonds. The summed E-state index contributed by atoms with van der Waals surface area (Å²) in [5, 5.41) is 0. The van der Waals surface area contributed by atoms with Gasteiger partial charge >= 0.3 is 0 Å².